The van der Waals surface area contributed by atoms with Crippen molar-refractivity contribution in [2.24, 2.45) is 22.2 Å². The maximum Gasteiger partial charge on any atom is 0.328 e. The van der Waals surface area contributed by atoms with Crippen LogP contribution in [0.3, 0.4) is 0 Å². The van der Waals surface area contributed by atoms with E-state index in [2.05, 4.69) is 10.6 Å². The molecule has 4 N–H and O–H groups in total. The van der Waals surface area contributed by atoms with Crippen LogP contribution in [0.4, 0.5) is 0 Å². The Labute approximate surface area is 255 Å². The molecule has 0 aliphatic carbocycles. The predicted octanol–water partition coefficient (Wildman–Crippen LogP) is 2.27. The SMILES string of the molecule is CCC[C@H](O)CC[C@@H](C)[C@@H]1OC(=O)[C@H](C)NC(=O)C([C@@H](C)CCO)N(C)C(=O)[C@]2(C)CSC(=N2)[C@H](C)NC(=O)C1(C)C. The van der Waals surface area contributed by atoms with E-state index in [1.165, 1.54) is 30.6 Å². The van der Waals surface area contributed by atoms with E-state index in [0.717, 1.165) is 6.42 Å². The fraction of sp³-hybridized carbons (Fsp3) is 0.833. The summed E-state index contributed by atoms with van der Waals surface area (Å²) in [5.41, 5.74) is -2.32. The molecule has 0 aromatic heterocycles. The molecule has 1 unspecified atom stereocenters. The van der Waals surface area contributed by atoms with E-state index in [4.69, 9.17) is 9.73 Å². The number of rotatable bonds is 9. The van der Waals surface area contributed by atoms with Gasteiger partial charge in [0, 0.05) is 19.4 Å². The van der Waals surface area contributed by atoms with Crippen molar-refractivity contribution < 1.29 is 34.1 Å². The molecule has 2 bridgehead atoms. The van der Waals surface area contributed by atoms with Crippen molar-refractivity contribution in [1.29, 1.82) is 0 Å². The molecule has 240 valence electrons. The van der Waals surface area contributed by atoms with Gasteiger partial charge >= 0.3 is 5.97 Å². The first-order chi connectivity index (χ1) is 19.5. The van der Waals surface area contributed by atoms with Gasteiger partial charge in [-0.05, 0) is 72.1 Å². The van der Waals surface area contributed by atoms with Gasteiger partial charge < -0.3 is 30.5 Å². The third kappa shape index (κ3) is 8.47. The van der Waals surface area contributed by atoms with Crippen LogP contribution in [0.5, 0.6) is 0 Å². The molecule has 12 heteroatoms. The van der Waals surface area contributed by atoms with E-state index in [0.29, 0.717) is 30.1 Å². The summed E-state index contributed by atoms with van der Waals surface area (Å²) in [6, 6.07) is -2.53. The van der Waals surface area contributed by atoms with Gasteiger partial charge in [-0.3, -0.25) is 19.4 Å². The number of esters is 1. The highest BCUT2D eigenvalue weighted by Gasteiger charge is 2.47. The van der Waals surface area contributed by atoms with Crippen molar-refractivity contribution in [3.63, 3.8) is 0 Å². The van der Waals surface area contributed by atoms with Gasteiger partial charge in [0.15, 0.2) is 0 Å². The largest absolute Gasteiger partial charge is 0.459 e. The quantitative estimate of drug-likeness (QED) is 0.289. The normalized spacial score (nSPS) is 31.5. The average molecular weight is 613 g/mol. The summed E-state index contributed by atoms with van der Waals surface area (Å²) in [7, 11) is 1.54. The Morgan fingerprint density at radius 1 is 1.02 bits per heavy atom. The number of fused-ring (bicyclic) bond motifs is 1. The lowest BCUT2D eigenvalue weighted by atomic mass is 9.77. The fourth-order valence-electron chi connectivity index (χ4n) is 5.75. The number of aliphatic hydroxyl groups excluding tert-OH is 2. The Morgan fingerprint density at radius 3 is 2.26 bits per heavy atom. The molecule has 0 saturated carbocycles. The number of cyclic esters (lactones) is 1. The number of nitrogens with one attached hydrogen (secondary N) is 2. The molecule has 3 amide bonds. The van der Waals surface area contributed by atoms with Crippen LogP contribution in [-0.2, 0) is 23.9 Å². The Hall–Kier alpha value is -2.18. The molecule has 0 fully saturated rings. The number of carbonyl (C=O) groups excluding carboxylic acids is 4. The lowest BCUT2D eigenvalue weighted by Crippen LogP contribution is -2.58. The number of aliphatic hydroxyl groups is 2. The molecule has 2 heterocycles. The molecule has 0 saturated heterocycles. The minimum absolute atomic E-state index is 0.168. The topological polar surface area (TPSA) is 158 Å². The first-order valence-electron chi connectivity index (χ1n) is 15.1. The van der Waals surface area contributed by atoms with Crippen LogP contribution in [-0.4, -0.2) is 99.1 Å². The predicted molar refractivity (Wildman–Crippen MR) is 164 cm³/mol. The number of amides is 3. The molecular formula is C30H52N4O7S. The van der Waals surface area contributed by atoms with Crippen LogP contribution in [0.25, 0.3) is 0 Å². The zero-order valence-electron chi connectivity index (χ0n) is 26.7. The minimum atomic E-state index is -1.17. The molecule has 2 aliphatic heterocycles. The molecule has 2 rings (SSSR count). The summed E-state index contributed by atoms with van der Waals surface area (Å²) >= 11 is 1.38. The van der Waals surface area contributed by atoms with Crippen molar-refractivity contribution in [3.8, 4) is 0 Å². The van der Waals surface area contributed by atoms with E-state index in [-0.39, 0.29) is 30.8 Å². The molecule has 0 spiro atoms. The summed E-state index contributed by atoms with van der Waals surface area (Å²) in [6.45, 7) is 14.0. The highest BCUT2D eigenvalue weighted by Crippen LogP contribution is 2.35. The Bertz CT molecular complexity index is 1020. The smallest absolute Gasteiger partial charge is 0.328 e. The zero-order valence-corrected chi connectivity index (χ0v) is 27.5. The first kappa shape index (κ1) is 36.0. The van der Waals surface area contributed by atoms with Gasteiger partial charge in [-0.1, -0.05) is 27.2 Å². The van der Waals surface area contributed by atoms with Gasteiger partial charge in [0.2, 0.25) is 11.8 Å². The third-order valence-electron chi connectivity index (χ3n) is 8.51. The number of hydrogen-bond donors (Lipinski definition) is 4. The number of nitrogens with zero attached hydrogens (tertiary/aromatic N) is 2. The van der Waals surface area contributed by atoms with Crippen LogP contribution >= 0.6 is 11.8 Å². The van der Waals surface area contributed by atoms with Crippen LogP contribution in [0.2, 0.25) is 0 Å². The van der Waals surface area contributed by atoms with Crippen LogP contribution in [0, 0.1) is 17.3 Å². The summed E-state index contributed by atoms with van der Waals surface area (Å²) < 4.78 is 6.00. The van der Waals surface area contributed by atoms with Gasteiger partial charge in [-0.25, -0.2) is 4.79 Å². The van der Waals surface area contributed by atoms with Crippen molar-refractivity contribution in [3.05, 3.63) is 0 Å². The molecule has 11 nitrogen and oxygen atoms in total. The number of hydrogen-bond acceptors (Lipinski definition) is 9. The zero-order chi connectivity index (χ0) is 32.0. The first-order valence-corrected chi connectivity index (χ1v) is 16.1. The minimum Gasteiger partial charge on any atom is -0.459 e. The Morgan fingerprint density at radius 2 is 1.67 bits per heavy atom. The third-order valence-corrected chi connectivity index (χ3v) is 9.96. The van der Waals surface area contributed by atoms with Crippen molar-refractivity contribution >= 4 is 40.5 Å². The molecule has 0 aromatic rings. The monoisotopic (exact) mass is 612 g/mol. The van der Waals surface area contributed by atoms with Gasteiger partial charge in [0.1, 0.15) is 23.7 Å². The number of ether oxygens (including phenoxy) is 1. The maximum absolute atomic E-state index is 13.7. The number of aliphatic imine (C=N–C) groups is 1. The highest BCUT2D eigenvalue weighted by molar-refractivity contribution is 8.14. The van der Waals surface area contributed by atoms with Crippen molar-refractivity contribution in [2.45, 2.75) is 123 Å². The maximum atomic E-state index is 13.7. The number of carbonyl (C=O) groups is 4. The van der Waals surface area contributed by atoms with Gasteiger partial charge in [-0.2, -0.15) is 0 Å². The molecule has 0 radical (unpaired) electrons. The summed E-state index contributed by atoms with van der Waals surface area (Å²) in [5, 5.41) is 26.2. The second-order valence-corrected chi connectivity index (χ2v) is 13.9. The molecule has 8 atom stereocenters. The second kappa shape index (κ2) is 15.0. The van der Waals surface area contributed by atoms with Gasteiger partial charge in [0.25, 0.3) is 5.91 Å². The van der Waals surface area contributed by atoms with E-state index in [1.54, 1.807) is 34.6 Å². The van der Waals surface area contributed by atoms with Gasteiger partial charge in [0.05, 0.1) is 22.6 Å². The molecule has 2 aliphatic rings. The Kier molecular flexibility index (Phi) is 12.9. The number of thioether (sulfide) groups is 1. The van der Waals surface area contributed by atoms with E-state index < -0.39 is 59.1 Å². The van der Waals surface area contributed by atoms with Crippen LogP contribution < -0.4 is 10.6 Å². The van der Waals surface area contributed by atoms with Gasteiger partial charge in [-0.15, -0.1) is 11.8 Å². The van der Waals surface area contributed by atoms with E-state index >= 15 is 0 Å². The lowest BCUT2D eigenvalue weighted by Gasteiger charge is -2.38. The summed E-state index contributed by atoms with van der Waals surface area (Å²) in [5.74, 6) is -2.29. The molecule has 42 heavy (non-hydrogen) atoms. The highest BCUT2D eigenvalue weighted by atomic mass is 32.2. The second-order valence-electron chi connectivity index (χ2n) is 12.9. The number of likely N-dealkylation sites (N-methyl/N-ethyl adjacent to an activating group) is 1. The average Bonchev–Trinajstić information content (AvgIpc) is 3.32. The Balaban J connectivity index is 2.54. The van der Waals surface area contributed by atoms with Crippen LogP contribution in [0.15, 0.2) is 4.99 Å². The lowest BCUT2D eigenvalue weighted by molar-refractivity contribution is -0.167. The molecular weight excluding hydrogens is 560 g/mol. The van der Waals surface area contributed by atoms with Crippen molar-refractivity contribution in [1.82, 2.24) is 15.5 Å². The fourth-order valence-corrected chi connectivity index (χ4v) is 6.95. The van der Waals surface area contributed by atoms with Crippen LogP contribution in [0.1, 0.15) is 87.5 Å². The van der Waals surface area contributed by atoms with E-state index in [9.17, 15) is 29.4 Å². The standard InChI is InChI=1S/C30H52N4O7S/c1-10-11-21(36)13-12-18(3)23-29(6,7)27(39)32-19(4)25-33-30(8,16-42-25)28(40)34(9)22(17(2)14-15-35)24(37)31-20(5)26(38)41-23/h17-23,35-36H,10-16H2,1-9H3,(H,31,37)(H,32,39)/t17-,18+,19-,20-,21-,22?,23-,30-/m0/s1. The molecule has 0 aromatic carbocycles. The summed E-state index contributed by atoms with van der Waals surface area (Å²) in [4.78, 5) is 60.6. The van der Waals surface area contributed by atoms with Crippen molar-refractivity contribution in [2.75, 3.05) is 19.4 Å². The summed E-state index contributed by atoms with van der Waals surface area (Å²) in [6.07, 6.45) is 1.47. The van der Waals surface area contributed by atoms with E-state index in [1.807, 2.05) is 13.8 Å².